The lowest BCUT2D eigenvalue weighted by Crippen LogP contribution is -2.49. The van der Waals surface area contributed by atoms with Gasteiger partial charge in [0, 0.05) is 12.0 Å². The molecule has 1 unspecified atom stereocenters. The highest BCUT2D eigenvalue weighted by molar-refractivity contribution is 5.92. The van der Waals surface area contributed by atoms with E-state index in [4.69, 9.17) is 4.74 Å². The molecule has 0 aliphatic carbocycles. The molecule has 0 aromatic heterocycles. The van der Waals surface area contributed by atoms with Crippen molar-refractivity contribution in [2.45, 2.75) is 41.0 Å². The first-order valence-corrected chi connectivity index (χ1v) is 5.99. The highest BCUT2D eigenvalue weighted by Gasteiger charge is 2.59. The molecule has 0 aromatic carbocycles. The first kappa shape index (κ1) is 11.5. The summed E-state index contributed by atoms with van der Waals surface area (Å²) in [5.41, 5.74) is 0.689. The van der Waals surface area contributed by atoms with E-state index in [2.05, 4.69) is 39.9 Å². The second-order valence-electron chi connectivity index (χ2n) is 6.07. The van der Waals surface area contributed by atoms with Gasteiger partial charge in [-0.15, -0.1) is 0 Å². The van der Waals surface area contributed by atoms with Crippen molar-refractivity contribution in [2.24, 2.45) is 16.7 Å². The summed E-state index contributed by atoms with van der Waals surface area (Å²) in [7, 11) is 0. The van der Waals surface area contributed by atoms with Crippen molar-refractivity contribution in [1.29, 1.82) is 0 Å². The van der Waals surface area contributed by atoms with Crippen LogP contribution in [0.1, 0.15) is 41.0 Å². The molecular weight excluding hydrogens is 202 g/mol. The van der Waals surface area contributed by atoms with Gasteiger partial charge in [-0.05, 0) is 11.3 Å². The summed E-state index contributed by atoms with van der Waals surface area (Å²) >= 11 is 0. The average Bonchev–Trinajstić information content (AvgIpc) is 2.58. The van der Waals surface area contributed by atoms with Crippen LogP contribution in [0.4, 0.5) is 0 Å². The maximum absolute atomic E-state index is 12.4. The van der Waals surface area contributed by atoms with Crippen molar-refractivity contribution in [3.8, 4) is 0 Å². The van der Waals surface area contributed by atoms with Gasteiger partial charge in [0.05, 0.1) is 12.0 Å². The maximum Gasteiger partial charge on any atom is 0.238 e. The van der Waals surface area contributed by atoms with Crippen LogP contribution in [0.5, 0.6) is 0 Å². The van der Waals surface area contributed by atoms with Gasteiger partial charge in [-0.25, -0.2) is 0 Å². The van der Waals surface area contributed by atoms with Crippen LogP contribution in [0.15, 0.2) is 11.5 Å². The Hall–Kier alpha value is -0.990. The molecule has 2 rings (SSSR count). The standard InChI is InChI=1S/C13H21NO2/c1-8(2)13(12(3,4)5)9-6-7-16-10(9)14-11(13)15/h8H,6-7H2,1-5H3,(H,14,15). The van der Waals surface area contributed by atoms with Gasteiger partial charge >= 0.3 is 0 Å². The zero-order chi connectivity index (χ0) is 12.1. The van der Waals surface area contributed by atoms with Gasteiger partial charge in [-0.1, -0.05) is 34.6 Å². The molecule has 2 heterocycles. The Labute approximate surface area is 97.2 Å². The number of carbonyl (C=O) groups excluding carboxylic acids is 1. The fourth-order valence-corrected chi connectivity index (χ4v) is 3.55. The van der Waals surface area contributed by atoms with Crippen LogP contribution in [-0.2, 0) is 9.53 Å². The van der Waals surface area contributed by atoms with Gasteiger partial charge in [-0.3, -0.25) is 10.1 Å². The van der Waals surface area contributed by atoms with Crippen molar-refractivity contribution in [3.05, 3.63) is 11.5 Å². The zero-order valence-corrected chi connectivity index (χ0v) is 10.8. The highest BCUT2D eigenvalue weighted by atomic mass is 16.5. The molecular formula is C13H21NO2. The normalized spacial score (nSPS) is 29.5. The lowest BCUT2D eigenvalue weighted by atomic mass is 9.57. The van der Waals surface area contributed by atoms with E-state index in [0.717, 1.165) is 12.3 Å². The number of ether oxygens (including phenoxy) is 1. The number of carbonyl (C=O) groups is 1. The van der Waals surface area contributed by atoms with E-state index >= 15 is 0 Å². The predicted molar refractivity (Wildman–Crippen MR) is 62.5 cm³/mol. The molecule has 2 aliphatic rings. The van der Waals surface area contributed by atoms with E-state index < -0.39 is 5.41 Å². The lowest BCUT2D eigenvalue weighted by molar-refractivity contribution is -0.135. The van der Waals surface area contributed by atoms with Crippen molar-refractivity contribution in [3.63, 3.8) is 0 Å². The minimum Gasteiger partial charge on any atom is -0.479 e. The molecule has 0 bridgehead atoms. The van der Waals surface area contributed by atoms with Gasteiger partial charge < -0.3 is 4.74 Å². The predicted octanol–water partition coefficient (Wildman–Crippen LogP) is 2.44. The van der Waals surface area contributed by atoms with Crippen molar-refractivity contribution in [2.75, 3.05) is 6.61 Å². The minimum atomic E-state index is -0.404. The third kappa shape index (κ3) is 1.17. The average molecular weight is 223 g/mol. The van der Waals surface area contributed by atoms with Crippen LogP contribution in [0.25, 0.3) is 0 Å². The number of hydrogen-bond donors (Lipinski definition) is 1. The molecule has 0 aromatic rings. The van der Waals surface area contributed by atoms with Crippen molar-refractivity contribution in [1.82, 2.24) is 5.32 Å². The Bertz CT molecular complexity index is 363. The summed E-state index contributed by atoms with van der Waals surface area (Å²) in [5, 5.41) is 2.91. The summed E-state index contributed by atoms with van der Waals surface area (Å²) in [4.78, 5) is 12.4. The Balaban J connectivity index is 2.58. The maximum atomic E-state index is 12.4. The molecule has 3 heteroatoms. The van der Waals surface area contributed by atoms with Gasteiger partial charge in [0.25, 0.3) is 0 Å². The second kappa shape index (κ2) is 3.25. The van der Waals surface area contributed by atoms with Gasteiger partial charge in [0.2, 0.25) is 5.91 Å². The topological polar surface area (TPSA) is 38.3 Å². The molecule has 90 valence electrons. The van der Waals surface area contributed by atoms with Gasteiger partial charge in [0.1, 0.15) is 0 Å². The fraction of sp³-hybridized carbons (Fsp3) is 0.769. The second-order valence-corrected chi connectivity index (χ2v) is 6.07. The van der Waals surface area contributed by atoms with Crippen LogP contribution in [0.2, 0.25) is 0 Å². The van der Waals surface area contributed by atoms with E-state index in [0.29, 0.717) is 6.61 Å². The van der Waals surface area contributed by atoms with Crippen molar-refractivity contribution >= 4 is 5.91 Å². The fourth-order valence-electron chi connectivity index (χ4n) is 3.55. The molecule has 1 amide bonds. The van der Waals surface area contributed by atoms with E-state index in [1.807, 2.05) is 0 Å². The SMILES string of the molecule is CC(C)C1(C(C)(C)C)C(=O)NC2=C1CCO2. The number of amides is 1. The van der Waals surface area contributed by atoms with E-state index in [-0.39, 0.29) is 17.2 Å². The molecule has 0 saturated carbocycles. The first-order chi connectivity index (χ1) is 7.31. The number of hydrogen-bond acceptors (Lipinski definition) is 2. The Morgan fingerprint density at radius 2 is 2.00 bits per heavy atom. The smallest absolute Gasteiger partial charge is 0.238 e. The lowest BCUT2D eigenvalue weighted by Gasteiger charge is -2.44. The third-order valence-electron chi connectivity index (χ3n) is 3.98. The van der Waals surface area contributed by atoms with Gasteiger partial charge in [-0.2, -0.15) is 0 Å². The van der Waals surface area contributed by atoms with E-state index in [1.165, 1.54) is 5.57 Å². The summed E-state index contributed by atoms with van der Waals surface area (Å²) in [6.45, 7) is 11.4. The summed E-state index contributed by atoms with van der Waals surface area (Å²) < 4.78 is 5.50. The molecule has 0 fully saturated rings. The molecule has 1 N–H and O–H groups in total. The number of nitrogens with one attached hydrogen (secondary N) is 1. The molecule has 1 atom stereocenters. The van der Waals surface area contributed by atoms with Crippen LogP contribution in [0, 0.1) is 16.7 Å². The molecule has 16 heavy (non-hydrogen) atoms. The number of rotatable bonds is 1. The Morgan fingerprint density at radius 1 is 1.38 bits per heavy atom. The summed E-state index contributed by atoms with van der Waals surface area (Å²) in [6.07, 6.45) is 0.878. The van der Waals surface area contributed by atoms with Crippen LogP contribution >= 0.6 is 0 Å². The van der Waals surface area contributed by atoms with Crippen molar-refractivity contribution < 1.29 is 9.53 Å². The van der Waals surface area contributed by atoms with E-state index in [9.17, 15) is 4.79 Å². The first-order valence-electron chi connectivity index (χ1n) is 5.99. The molecule has 0 radical (unpaired) electrons. The third-order valence-corrected chi connectivity index (χ3v) is 3.98. The zero-order valence-electron chi connectivity index (χ0n) is 10.8. The Morgan fingerprint density at radius 3 is 2.50 bits per heavy atom. The molecule has 0 spiro atoms. The molecule has 0 saturated heterocycles. The van der Waals surface area contributed by atoms with E-state index in [1.54, 1.807) is 0 Å². The molecule has 3 nitrogen and oxygen atoms in total. The van der Waals surface area contributed by atoms with Crippen LogP contribution < -0.4 is 5.32 Å². The van der Waals surface area contributed by atoms with Crippen LogP contribution in [0.3, 0.4) is 0 Å². The summed E-state index contributed by atoms with van der Waals surface area (Å²) in [6, 6.07) is 0. The minimum absolute atomic E-state index is 0.0873. The Kier molecular flexibility index (Phi) is 2.34. The monoisotopic (exact) mass is 223 g/mol. The quantitative estimate of drug-likeness (QED) is 0.741. The summed E-state index contributed by atoms with van der Waals surface area (Å²) in [5.74, 6) is 1.12. The van der Waals surface area contributed by atoms with Crippen LogP contribution in [-0.4, -0.2) is 12.5 Å². The molecule has 2 aliphatic heterocycles. The van der Waals surface area contributed by atoms with Gasteiger partial charge in [0.15, 0.2) is 5.88 Å². The highest BCUT2D eigenvalue weighted by Crippen LogP contribution is 2.56. The largest absolute Gasteiger partial charge is 0.479 e.